The molecule has 1 aliphatic heterocycles. The zero-order chi connectivity index (χ0) is 16.0. The maximum Gasteiger partial charge on any atom is 0.253 e. The van der Waals surface area contributed by atoms with Gasteiger partial charge in [-0.3, -0.25) is 4.79 Å². The number of carbonyl (C=O) groups is 1. The molecule has 1 aromatic heterocycles. The van der Waals surface area contributed by atoms with Crippen LogP contribution in [-0.2, 0) is 6.42 Å². The number of benzene rings is 1. The molecule has 1 amide bonds. The zero-order valence-electron chi connectivity index (χ0n) is 13.6. The van der Waals surface area contributed by atoms with Gasteiger partial charge in [0, 0.05) is 42.4 Å². The van der Waals surface area contributed by atoms with E-state index in [0.29, 0.717) is 17.8 Å². The van der Waals surface area contributed by atoms with E-state index in [-0.39, 0.29) is 5.91 Å². The fourth-order valence-electron chi connectivity index (χ4n) is 3.80. The van der Waals surface area contributed by atoms with Crippen LogP contribution >= 0.6 is 0 Å². The van der Waals surface area contributed by atoms with Gasteiger partial charge in [0.25, 0.3) is 5.91 Å². The van der Waals surface area contributed by atoms with Crippen molar-refractivity contribution in [1.82, 2.24) is 14.9 Å². The minimum Gasteiger partial charge on any atom is -0.338 e. The average Bonchev–Trinajstić information content (AvgIpc) is 3.12. The minimum absolute atomic E-state index is 0.140. The Bertz CT molecular complexity index is 742. The average molecular weight is 307 g/mol. The lowest BCUT2D eigenvalue weighted by Crippen LogP contribution is -2.29. The van der Waals surface area contributed by atoms with Gasteiger partial charge < -0.3 is 4.90 Å². The monoisotopic (exact) mass is 307 g/mol. The lowest BCUT2D eigenvalue weighted by atomic mass is 9.97. The van der Waals surface area contributed by atoms with E-state index in [0.717, 1.165) is 30.9 Å². The fourth-order valence-corrected chi connectivity index (χ4v) is 3.80. The maximum atomic E-state index is 12.6. The van der Waals surface area contributed by atoms with Crippen molar-refractivity contribution in [2.24, 2.45) is 5.92 Å². The minimum atomic E-state index is 0.140. The quantitative estimate of drug-likeness (QED) is 0.857. The van der Waals surface area contributed by atoms with Gasteiger partial charge in [-0.1, -0.05) is 32.0 Å². The van der Waals surface area contributed by atoms with Crippen LogP contribution in [0.2, 0.25) is 0 Å². The zero-order valence-corrected chi connectivity index (χ0v) is 13.6. The molecule has 2 aromatic rings. The molecule has 0 bridgehead atoms. The Morgan fingerprint density at radius 2 is 2.00 bits per heavy atom. The molecule has 118 valence electrons. The predicted octanol–water partition coefficient (Wildman–Crippen LogP) is 3.01. The molecule has 4 nitrogen and oxygen atoms in total. The first-order valence-corrected chi connectivity index (χ1v) is 8.33. The van der Waals surface area contributed by atoms with Crippen LogP contribution in [0.1, 0.15) is 53.1 Å². The van der Waals surface area contributed by atoms with Crippen molar-refractivity contribution in [3.63, 3.8) is 0 Å². The first-order valence-electron chi connectivity index (χ1n) is 8.33. The highest BCUT2D eigenvalue weighted by atomic mass is 16.2. The van der Waals surface area contributed by atoms with Crippen molar-refractivity contribution < 1.29 is 4.79 Å². The summed E-state index contributed by atoms with van der Waals surface area (Å²) in [6, 6.07) is 9.56. The summed E-state index contributed by atoms with van der Waals surface area (Å²) in [6.07, 6.45) is 2.97. The van der Waals surface area contributed by atoms with Crippen LogP contribution in [0.15, 0.2) is 36.5 Å². The number of hydrogen-bond acceptors (Lipinski definition) is 3. The number of carbonyl (C=O) groups excluding carboxylic acids is 1. The highest BCUT2D eigenvalue weighted by molar-refractivity contribution is 5.94. The molecule has 1 aliphatic carbocycles. The molecule has 1 aromatic carbocycles. The van der Waals surface area contributed by atoms with Crippen LogP contribution in [-0.4, -0.2) is 33.9 Å². The van der Waals surface area contributed by atoms with E-state index in [9.17, 15) is 4.79 Å². The predicted molar refractivity (Wildman–Crippen MR) is 88.4 cm³/mol. The lowest BCUT2D eigenvalue weighted by molar-refractivity contribution is 0.0785. The van der Waals surface area contributed by atoms with E-state index >= 15 is 0 Å². The number of likely N-dealkylation sites (tertiary alicyclic amines) is 1. The standard InChI is InChI=1S/C19H21N3O/c1-12(2)18-20-9-15-16-11-22(10-14(16)8-17(15)21-18)19(23)13-6-4-3-5-7-13/h3-7,9,12,14,16H,8,10-11H2,1-2H3/t14-,16+/m1/s1. The lowest BCUT2D eigenvalue weighted by Gasteiger charge is -2.18. The highest BCUT2D eigenvalue weighted by Crippen LogP contribution is 2.42. The van der Waals surface area contributed by atoms with Crippen molar-refractivity contribution in [3.8, 4) is 0 Å². The molecule has 0 saturated carbocycles. The summed E-state index contributed by atoms with van der Waals surface area (Å²) in [5.74, 6) is 2.33. The summed E-state index contributed by atoms with van der Waals surface area (Å²) in [4.78, 5) is 23.9. The van der Waals surface area contributed by atoms with Crippen molar-refractivity contribution in [2.75, 3.05) is 13.1 Å². The van der Waals surface area contributed by atoms with Crippen LogP contribution in [0.5, 0.6) is 0 Å². The van der Waals surface area contributed by atoms with Crippen LogP contribution in [0, 0.1) is 5.92 Å². The maximum absolute atomic E-state index is 12.6. The number of rotatable bonds is 2. The van der Waals surface area contributed by atoms with Gasteiger partial charge in [0.1, 0.15) is 5.82 Å². The summed E-state index contributed by atoms with van der Waals surface area (Å²) in [5, 5.41) is 0. The van der Waals surface area contributed by atoms with Gasteiger partial charge >= 0.3 is 0 Å². The van der Waals surface area contributed by atoms with Crippen LogP contribution in [0.3, 0.4) is 0 Å². The first-order chi connectivity index (χ1) is 11.1. The molecule has 0 N–H and O–H groups in total. The summed E-state index contributed by atoms with van der Waals surface area (Å²) in [5.41, 5.74) is 3.23. The Labute approximate surface area is 136 Å². The van der Waals surface area contributed by atoms with Gasteiger partial charge in [-0.15, -0.1) is 0 Å². The Balaban J connectivity index is 1.55. The molecule has 0 radical (unpaired) electrons. The molecule has 0 unspecified atom stereocenters. The van der Waals surface area contributed by atoms with Crippen LogP contribution in [0.4, 0.5) is 0 Å². The largest absolute Gasteiger partial charge is 0.338 e. The number of fused-ring (bicyclic) bond motifs is 3. The Morgan fingerprint density at radius 3 is 2.74 bits per heavy atom. The molecule has 4 rings (SSSR count). The Kier molecular flexibility index (Phi) is 3.40. The second-order valence-corrected chi connectivity index (χ2v) is 6.93. The van der Waals surface area contributed by atoms with E-state index in [2.05, 4.69) is 18.8 Å². The molecule has 1 fully saturated rings. The molecular formula is C19H21N3O. The van der Waals surface area contributed by atoms with Gasteiger partial charge in [-0.05, 0) is 30.0 Å². The molecule has 2 heterocycles. The van der Waals surface area contributed by atoms with E-state index in [4.69, 9.17) is 4.98 Å². The van der Waals surface area contributed by atoms with E-state index in [1.165, 1.54) is 11.3 Å². The topological polar surface area (TPSA) is 46.1 Å². The molecule has 0 spiro atoms. The summed E-state index contributed by atoms with van der Waals surface area (Å²) >= 11 is 0. The molecule has 2 aliphatic rings. The normalized spacial score (nSPS) is 22.3. The van der Waals surface area contributed by atoms with E-state index in [1.54, 1.807) is 0 Å². The molecule has 1 saturated heterocycles. The number of aromatic nitrogens is 2. The van der Waals surface area contributed by atoms with Crippen molar-refractivity contribution in [2.45, 2.75) is 32.1 Å². The van der Waals surface area contributed by atoms with Gasteiger partial charge in [0.2, 0.25) is 0 Å². The molecular weight excluding hydrogens is 286 g/mol. The number of nitrogens with zero attached hydrogens (tertiary/aromatic N) is 3. The van der Waals surface area contributed by atoms with Crippen molar-refractivity contribution >= 4 is 5.91 Å². The third kappa shape index (κ3) is 2.42. The van der Waals surface area contributed by atoms with E-state index < -0.39 is 0 Å². The smallest absolute Gasteiger partial charge is 0.253 e. The van der Waals surface area contributed by atoms with Gasteiger partial charge in [0.05, 0.1) is 0 Å². The molecule has 4 heteroatoms. The third-order valence-electron chi connectivity index (χ3n) is 5.04. The number of amides is 1. The fraction of sp³-hybridized carbons (Fsp3) is 0.421. The van der Waals surface area contributed by atoms with Gasteiger partial charge in [-0.25, -0.2) is 9.97 Å². The highest BCUT2D eigenvalue weighted by Gasteiger charge is 2.42. The van der Waals surface area contributed by atoms with Crippen LogP contribution < -0.4 is 0 Å². The number of hydrogen-bond donors (Lipinski definition) is 0. The summed E-state index contributed by atoms with van der Waals surface area (Å²) in [7, 11) is 0. The third-order valence-corrected chi connectivity index (χ3v) is 5.04. The second-order valence-electron chi connectivity index (χ2n) is 6.93. The van der Waals surface area contributed by atoms with Crippen molar-refractivity contribution in [1.29, 1.82) is 0 Å². The molecule has 2 atom stereocenters. The SMILES string of the molecule is CC(C)c1ncc2c(n1)C[C@@H]1CN(C(=O)c3ccccc3)C[C@H]21. The summed E-state index contributed by atoms with van der Waals surface area (Å²) < 4.78 is 0. The second kappa shape index (κ2) is 5.44. The van der Waals surface area contributed by atoms with Gasteiger partial charge in [0.15, 0.2) is 0 Å². The van der Waals surface area contributed by atoms with E-state index in [1.807, 2.05) is 41.4 Å². The van der Waals surface area contributed by atoms with Crippen LogP contribution in [0.25, 0.3) is 0 Å². The Hall–Kier alpha value is -2.23. The van der Waals surface area contributed by atoms with Crippen molar-refractivity contribution in [3.05, 3.63) is 59.2 Å². The molecule has 23 heavy (non-hydrogen) atoms. The Morgan fingerprint density at radius 1 is 1.22 bits per heavy atom. The first kappa shape index (κ1) is 14.4. The summed E-state index contributed by atoms with van der Waals surface area (Å²) in [6.45, 7) is 5.86. The van der Waals surface area contributed by atoms with Gasteiger partial charge in [-0.2, -0.15) is 0 Å².